The van der Waals surface area contributed by atoms with Crippen LogP contribution in [-0.4, -0.2) is 67.1 Å². The highest BCUT2D eigenvalue weighted by Crippen LogP contribution is 2.30. The summed E-state index contributed by atoms with van der Waals surface area (Å²) in [5.74, 6) is 0.742. The topological polar surface area (TPSA) is 111 Å². The lowest BCUT2D eigenvalue weighted by molar-refractivity contribution is -0.119. The van der Waals surface area contributed by atoms with Crippen LogP contribution in [0.4, 0.5) is 4.79 Å². The highest BCUT2D eigenvalue weighted by atomic mass is 16.6. The number of fused-ring (bicyclic) bond motifs is 1. The van der Waals surface area contributed by atoms with Crippen molar-refractivity contribution in [3.8, 4) is 5.75 Å². The first-order valence-electron chi connectivity index (χ1n) is 9.25. The molecule has 3 N–H and O–H groups in total. The summed E-state index contributed by atoms with van der Waals surface area (Å²) in [4.78, 5) is 27.6. The highest BCUT2D eigenvalue weighted by molar-refractivity contribution is 5.79. The molecule has 9 heteroatoms. The minimum absolute atomic E-state index is 0.000871. The Morgan fingerprint density at radius 3 is 3.00 bits per heavy atom. The third-order valence-corrected chi connectivity index (χ3v) is 5.16. The van der Waals surface area contributed by atoms with E-state index in [2.05, 4.69) is 20.9 Å². The summed E-state index contributed by atoms with van der Waals surface area (Å²) in [6, 6.07) is 3.17. The van der Waals surface area contributed by atoms with E-state index in [1.807, 2.05) is 19.1 Å². The fourth-order valence-electron chi connectivity index (χ4n) is 3.71. The zero-order chi connectivity index (χ0) is 18.8. The Morgan fingerprint density at radius 1 is 1.37 bits per heavy atom. The molecule has 1 aromatic heterocycles. The van der Waals surface area contributed by atoms with Crippen LogP contribution in [0.15, 0.2) is 18.3 Å². The van der Waals surface area contributed by atoms with E-state index in [1.54, 1.807) is 6.20 Å². The van der Waals surface area contributed by atoms with Crippen LogP contribution in [0, 0.1) is 6.92 Å². The number of aromatic nitrogens is 1. The van der Waals surface area contributed by atoms with Crippen LogP contribution >= 0.6 is 0 Å². The standard InChI is InChI=1S/C18H24N4O5/c1-10-13(3-2-6-19-10)27-14-9-26-16-12(8-25-17(14)16)22-18(24)20-7-11-4-5-15(23)21-11/h2-3,6,11-12,14,16-17H,4-5,7-9H2,1H3,(H,21,23)(H2,20,22,24)/t11?,12-,14-,16+,17+/m0/s1. The number of amides is 3. The highest BCUT2D eigenvalue weighted by Gasteiger charge is 2.49. The van der Waals surface area contributed by atoms with Crippen molar-refractivity contribution in [3.05, 3.63) is 24.0 Å². The van der Waals surface area contributed by atoms with E-state index in [4.69, 9.17) is 14.2 Å². The van der Waals surface area contributed by atoms with E-state index < -0.39 is 0 Å². The first-order chi connectivity index (χ1) is 13.1. The largest absolute Gasteiger partial charge is 0.483 e. The van der Waals surface area contributed by atoms with Gasteiger partial charge in [0.2, 0.25) is 5.91 Å². The molecule has 0 aliphatic carbocycles. The van der Waals surface area contributed by atoms with E-state index in [9.17, 15) is 9.59 Å². The van der Waals surface area contributed by atoms with Gasteiger partial charge in [0.1, 0.15) is 18.0 Å². The molecule has 9 nitrogen and oxygen atoms in total. The van der Waals surface area contributed by atoms with Crippen molar-refractivity contribution in [1.82, 2.24) is 20.9 Å². The molecule has 5 atom stereocenters. The molecule has 4 heterocycles. The van der Waals surface area contributed by atoms with Crippen molar-refractivity contribution in [2.75, 3.05) is 19.8 Å². The predicted molar refractivity (Wildman–Crippen MR) is 94.4 cm³/mol. The lowest BCUT2D eigenvalue weighted by Crippen LogP contribution is -2.50. The Hall–Kier alpha value is -2.39. The van der Waals surface area contributed by atoms with Crippen molar-refractivity contribution in [2.24, 2.45) is 0 Å². The molecular formula is C18H24N4O5. The number of hydrogen-bond donors (Lipinski definition) is 3. The molecule has 3 aliphatic heterocycles. The Kier molecular flexibility index (Phi) is 5.13. The number of rotatable bonds is 5. The normalized spacial score (nSPS) is 32.0. The van der Waals surface area contributed by atoms with Gasteiger partial charge in [0.25, 0.3) is 0 Å². The van der Waals surface area contributed by atoms with E-state index in [-0.39, 0.29) is 42.3 Å². The fourth-order valence-corrected chi connectivity index (χ4v) is 3.71. The van der Waals surface area contributed by atoms with Gasteiger partial charge in [-0.25, -0.2) is 4.79 Å². The van der Waals surface area contributed by atoms with Gasteiger partial charge in [0, 0.05) is 25.2 Å². The smallest absolute Gasteiger partial charge is 0.315 e. The summed E-state index contributed by atoms with van der Waals surface area (Å²) in [6.07, 6.45) is 2.26. The molecule has 3 saturated heterocycles. The van der Waals surface area contributed by atoms with Gasteiger partial charge in [0.05, 0.1) is 24.9 Å². The molecule has 0 aromatic carbocycles. The van der Waals surface area contributed by atoms with Crippen LogP contribution in [-0.2, 0) is 14.3 Å². The van der Waals surface area contributed by atoms with Gasteiger partial charge >= 0.3 is 6.03 Å². The number of aryl methyl sites for hydroxylation is 1. The molecule has 4 rings (SSSR count). The molecule has 3 aliphatic rings. The molecule has 0 spiro atoms. The van der Waals surface area contributed by atoms with Crippen LogP contribution in [0.2, 0.25) is 0 Å². The Bertz CT molecular complexity index is 715. The monoisotopic (exact) mass is 376 g/mol. The third kappa shape index (κ3) is 3.98. The molecule has 146 valence electrons. The van der Waals surface area contributed by atoms with Crippen LogP contribution < -0.4 is 20.7 Å². The number of carbonyl (C=O) groups is 2. The Labute approximate surface area is 157 Å². The fraction of sp³-hybridized carbons (Fsp3) is 0.611. The number of urea groups is 1. The number of ether oxygens (including phenoxy) is 3. The SMILES string of the molecule is Cc1ncccc1O[C@H]1CO[C@H]2[C@@H]1OC[C@@H]2NC(=O)NCC1CCC(=O)N1. The van der Waals surface area contributed by atoms with Gasteiger partial charge < -0.3 is 30.2 Å². The lowest BCUT2D eigenvalue weighted by atomic mass is 10.1. The first-order valence-corrected chi connectivity index (χ1v) is 9.25. The molecule has 0 radical (unpaired) electrons. The average molecular weight is 376 g/mol. The predicted octanol–water partition coefficient (Wildman–Crippen LogP) is -0.119. The quantitative estimate of drug-likeness (QED) is 0.661. The maximum absolute atomic E-state index is 12.2. The van der Waals surface area contributed by atoms with Gasteiger partial charge in [-0.2, -0.15) is 0 Å². The zero-order valence-corrected chi connectivity index (χ0v) is 15.1. The van der Waals surface area contributed by atoms with Crippen molar-refractivity contribution in [1.29, 1.82) is 0 Å². The summed E-state index contributed by atoms with van der Waals surface area (Å²) in [5, 5.41) is 8.52. The number of hydrogen-bond acceptors (Lipinski definition) is 6. The minimum atomic E-state index is -0.290. The maximum atomic E-state index is 12.2. The summed E-state index contributed by atoms with van der Waals surface area (Å²) in [5.41, 5.74) is 0.812. The zero-order valence-electron chi connectivity index (χ0n) is 15.1. The van der Waals surface area contributed by atoms with Gasteiger partial charge in [-0.3, -0.25) is 9.78 Å². The molecule has 1 unspecified atom stereocenters. The van der Waals surface area contributed by atoms with Crippen LogP contribution in [0.3, 0.4) is 0 Å². The minimum Gasteiger partial charge on any atom is -0.483 e. The Balaban J connectivity index is 1.26. The second-order valence-electron chi connectivity index (χ2n) is 7.10. The molecule has 3 fully saturated rings. The van der Waals surface area contributed by atoms with E-state index in [0.717, 1.165) is 12.1 Å². The van der Waals surface area contributed by atoms with Crippen molar-refractivity contribution in [3.63, 3.8) is 0 Å². The molecule has 3 amide bonds. The molecule has 1 aromatic rings. The van der Waals surface area contributed by atoms with Gasteiger partial charge in [0.15, 0.2) is 6.10 Å². The number of pyridine rings is 1. The molecule has 0 bridgehead atoms. The summed E-state index contributed by atoms with van der Waals surface area (Å²) < 4.78 is 17.7. The number of carbonyl (C=O) groups excluding carboxylic acids is 2. The first kappa shape index (κ1) is 18.0. The van der Waals surface area contributed by atoms with Crippen LogP contribution in [0.1, 0.15) is 18.5 Å². The van der Waals surface area contributed by atoms with Gasteiger partial charge in [-0.15, -0.1) is 0 Å². The average Bonchev–Trinajstić information content (AvgIpc) is 3.34. The second-order valence-corrected chi connectivity index (χ2v) is 7.10. The van der Waals surface area contributed by atoms with E-state index in [1.165, 1.54) is 0 Å². The van der Waals surface area contributed by atoms with Gasteiger partial charge in [-0.05, 0) is 25.5 Å². The molecule has 0 saturated carbocycles. The van der Waals surface area contributed by atoms with Crippen LogP contribution in [0.25, 0.3) is 0 Å². The summed E-state index contributed by atoms with van der Waals surface area (Å²) >= 11 is 0. The Morgan fingerprint density at radius 2 is 2.22 bits per heavy atom. The van der Waals surface area contributed by atoms with Gasteiger partial charge in [-0.1, -0.05) is 0 Å². The van der Waals surface area contributed by atoms with Crippen molar-refractivity contribution < 1.29 is 23.8 Å². The summed E-state index contributed by atoms with van der Waals surface area (Å²) in [6.45, 7) is 3.07. The van der Waals surface area contributed by atoms with E-state index >= 15 is 0 Å². The summed E-state index contributed by atoms with van der Waals surface area (Å²) in [7, 11) is 0. The molecular weight excluding hydrogens is 352 g/mol. The van der Waals surface area contributed by atoms with Crippen molar-refractivity contribution in [2.45, 2.75) is 50.2 Å². The van der Waals surface area contributed by atoms with E-state index in [0.29, 0.717) is 31.9 Å². The molecule has 27 heavy (non-hydrogen) atoms. The van der Waals surface area contributed by atoms with Crippen molar-refractivity contribution >= 4 is 11.9 Å². The number of nitrogens with one attached hydrogen (secondary N) is 3. The number of nitrogens with zero attached hydrogens (tertiary/aromatic N) is 1. The van der Waals surface area contributed by atoms with Crippen LogP contribution in [0.5, 0.6) is 5.75 Å². The third-order valence-electron chi connectivity index (χ3n) is 5.16. The second kappa shape index (κ2) is 7.69. The lowest BCUT2D eigenvalue weighted by Gasteiger charge is -2.19. The maximum Gasteiger partial charge on any atom is 0.315 e.